The van der Waals surface area contributed by atoms with Crippen LogP contribution in [0.15, 0.2) is 48.5 Å². The Balaban J connectivity index is 2.16. The van der Waals surface area contributed by atoms with Crippen molar-refractivity contribution < 1.29 is 4.79 Å². The number of para-hydroxylation sites is 1. The van der Waals surface area contributed by atoms with Gasteiger partial charge in [0, 0.05) is 30.3 Å². The topological polar surface area (TPSA) is 29.1 Å². The Hall–Kier alpha value is -2.61. The van der Waals surface area contributed by atoms with Crippen molar-refractivity contribution in [1.29, 1.82) is 0 Å². The summed E-state index contributed by atoms with van der Waals surface area (Å²) in [5.41, 5.74) is 6.93. The number of carbonyl (C=O) groups excluding carboxylic acids is 1. The number of hydrogen-bond donors (Lipinski definition) is 1. The molecule has 0 atom stereocenters. The number of rotatable bonds is 2. The van der Waals surface area contributed by atoms with Gasteiger partial charge >= 0.3 is 0 Å². The van der Waals surface area contributed by atoms with Gasteiger partial charge in [-0.2, -0.15) is 0 Å². The third-order valence-electron chi connectivity index (χ3n) is 4.93. The van der Waals surface area contributed by atoms with Crippen LogP contribution in [-0.2, 0) is 6.42 Å². The molecule has 0 bridgehead atoms. The predicted molar refractivity (Wildman–Crippen MR) is 96.3 cm³/mol. The highest BCUT2D eigenvalue weighted by molar-refractivity contribution is 6.15. The first-order valence-electron chi connectivity index (χ1n) is 8.07. The first kappa shape index (κ1) is 14.0. The minimum Gasteiger partial charge on any atom is -0.388 e. The van der Waals surface area contributed by atoms with Gasteiger partial charge < -0.3 is 5.32 Å². The van der Waals surface area contributed by atoms with Gasteiger partial charge in [0.15, 0.2) is 5.78 Å². The number of anilines is 1. The summed E-state index contributed by atoms with van der Waals surface area (Å²) >= 11 is 0. The van der Waals surface area contributed by atoms with E-state index in [1.54, 1.807) is 0 Å². The number of hydrogen-bond acceptors (Lipinski definition) is 2. The standard InChI is InChI=1S/C21H19NO/c1-13-14-7-3-4-8-15(14)21-17(11-12-19(21)23)20(13)16-9-5-6-10-18(16)22-2/h3-10,22H,11-12H2,1-2H3. The maximum Gasteiger partial charge on any atom is 0.164 e. The molecule has 2 heteroatoms. The fraction of sp³-hybridized carbons (Fsp3) is 0.190. The molecule has 0 amide bonds. The number of nitrogens with one attached hydrogen (secondary N) is 1. The molecule has 0 fully saturated rings. The molecule has 2 nitrogen and oxygen atoms in total. The lowest BCUT2D eigenvalue weighted by molar-refractivity contribution is 0.0996. The number of carbonyl (C=O) groups is 1. The summed E-state index contributed by atoms with van der Waals surface area (Å²) in [6.45, 7) is 2.17. The second kappa shape index (κ2) is 5.24. The van der Waals surface area contributed by atoms with Crippen molar-refractivity contribution in [3.63, 3.8) is 0 Å². The molecule has 1 aliphatic carbocycles. The van der Waals surface area contributed by atoms with Crippen LogP contribution in [0.2, 0.25) is 0 Å². The Morgan fingerprint density at radius 2 is 1.57 bits per heavy atom. The van der Waals surface area contributed by atoms with E-state index >= 15 is 0 Å². The zero-order chi connectivity index (χ0) is 16.0. The molecule has 1 aliphatic rings. The molecule has 4 rings (SSSR count). The molecular weight excluding hydrogens is 282 g/mol. The monoisotopic (exact) mass is 301 g/mol. The summed E-state index contributed by atoms with van der Waals surface area (Å²) in [5.74, 6) is 0.277. The molecule has 0 heterocycles. The van der Waals surface area contributed by atoms with Crippen LogP contribution in [-0.4, -0.2) is 12.8 Å². The fourth-order valence-electron chi connectivity index (χ4n) is 3.89. The predicted octanol–water partition coefficient (Wildman–Crippen LogP) is 4.99. The van der Waals surface area contributed by atoms with E-state index in [4.69, 9.17) is 0 Å². The molecular formula is C21H19NO. The summed E-state index contributed by atoms with van der Waals surface area (Å²) in [4.78, 5) is 12.5. The van der Waals surface area contributed by atoms with Crippen molar-refractivity contribution in [2.24, 2.45) is 0 Å². The minimum absolute atomic E-state index is 0.277. The normalized spacial score (nSPS) is 13.4. The van der Waals surface area contributed by atoms with Crippen molar-refractivity contribution in [3.8, 4) is 11.1 Å². The van der Waals surface area contributed by atoms with E-state index in [1.165, 1.54) is 27.6 Å². The van der Waals surface area contributed by atoms with Crippen LogP contribution in [0.25, 0.3) is 21.9 Å². The van der Waals surface area contributed by atoms with Crippen molar-refractivity contribution in [1.82, 2.24) is 0 Å². The minimum atomic E-state index is 0.277. The highest BCUT2D eigenvalue weighted by atomic mass is 16.1. The summed E-state index contributed by atoms with van der Waals surface area (Å²) < 4.78 is 0. The van der Waals surface area contributed by atoms with E-state index in [-0.39, 0.29) is 5.78 Å². The largest absolute Gasteiger partial charge is 0.388 e. The lowest BCUT2D eigenvalue weighted by atomic mass is 9.87. The van der Waals surface area contributed by atoms with Crippen LogP contribution < -0.4 is 5.32 Å². The van der Waals surface area contributed by atoms with E-state index in [0.29, 0.717) is 6.42 Å². The van der Waals surface area contributed by atoms with Crippen molar-refractivity contribution >= 4 is 22.2 Å². The quantitative estimate of drug-likeness (QED) is 0.723. The van der Waals surface area contributed by atoms with Crippen molar-refractivity contribution in [2.45, 2.75) is 19.8 Å². The van der Waals surface area contributed by atoms with E-state index in [1.807, 2.05) is 19.2 Å². The van der Waals surface area contributed by atoms with Gasteiger partial charge in [-0.15, -0.1) is 0 Å². The van der Waals surface area contributed by atoms with Gasteiger partial charge in [0.1, 0.15) is 0 Å². The summed E-state index contributed by atoms with van der Waals surface area (Å²) in [6.07, 6.45) is 1.46. The van der Waals surface area contributed by atoms with Gasteiger partial charge in [-0.25, -0.2) is 0 Å². The Labute approximate surface area is 136 Å². The Morgan fingerprint density at radius 1 is 0.870 bits per heavy atom. The lowest BCUT2D eigenvalue weighted by Crippen LogP contribution is -2.00. The van der Waals surface area contributed by atoms with E-state index in [9.17, 15) is 4.79 Å². The molecule has 3 aromatic carbocycles. The van der Waals surface area contributed by atoms with Gasteiger partial charge in [-0.3, -0.25) is 4.79 Å². The van der Waals surface area contributed by atoms with Gasteiger partial charge in [0.25, 0.3) is 0 Å². The summed E-state index contributed by atoms with van der Waals surface area (Å²) in [6, 6.07) is 16.6. The molecule has 114 valence electrons. The second-order valence-corrected chi connectivity index (χ2v) is 6.12. The highest BCUT2D eigenvalue weighted by Crippen LogP contribution is 2.43. The molecule has 0 saturated carbocycles. The smallest absolute Gasteiger partial charge is 0.164 e. The van der Waals surface area contributed by atoms with Crippen LogP contribution in [0.5, 0.6) is 0 Å². The summed E-state index contributed by atoms with van der Waals surface area (Å²) in [5, 5.41) is 5.57. The first-order valence-corrected chi connectivity index (χ1v) is 8.07. The molecule has 1 N–H and O–H groups in total. The van der Waals surface area contributed by atoms with Crippen molar-refractivity contribution in [2.75, 3.05) is 12.4 Å². The number of Topliss-reactive ketones (excluding diaryl/α,β-unsaturated/α-hetero) is 1. The first-order chi connectivity index (χ1) is 11.2. The average Bonchev–Trinajstić information content (AvgIpc) is 2.97. The van der Waals surface area contributed by atoms with E-state index < -0.39 is 0 Å². The van der Waals surface area contributed by atoms with Gasteiger partial charge in [0.05, 0.1) is 0 Å². The van der Waals surface area contributed by atoms with E-state index in [2.05, 4.69) is 48.6 Å². The second-order valence-electron chi connectivity index (χ2n) is 6.12. The summed E-state index contributed by atoms with van der Waals surface area (Å²) in [7, 11) is 1.95. The molecule has 0 aliphatic heterocycles. The van der Waals surface area contributed by atoms with Crippen molar-refractivity contribution in [3.05, 3.63) is 65.2 Å². The molecule has 0 saturated heterocycles. The Bertz CT molecular complexity index is 940. The molecule has 0 unspecified atom stereocenters. The average molecular weight is 301 g/mol. The highest BCUT2D eigenvalue weighted by Gasteiger charge is 2.28. The molecule has 3 aromatic rings. The van der Waals surface area contributed by atoms with Crippen LogP contribution in [0.4, 0.5) is 5.69 Å². The van der Waals surface area contributed by atoms with Gasteiger partial charge in [-0.05, 0) is 46.9 Å². The number of benzene rings is 3. The third kappa shape index (κ3) is 1.98. The number of fused-ring (bicyclic) bond motifs is 3. The Kier molecular flexibility index (Phi) is 3.19. The maximum absolute atomic E-state index is 12.5. The SMILES string of the molecule is CNc1ccccc1-c1c2c(c3ccccc3c1C)C(=O)CC2. The van der Waals surface area contributed by atoms with Gasteiger partial charge in [-0.1, -0.05) is 42.5 Å². The molecule has 0 spiro atoms. The molecule has 23 heavy (non-hydrogen) atoms. The van der Waals surface area contributed by atoms with E-state index in [0.717, 1.165) is 23.1 Å². The molecule has 0 aromatic heterocycles. The zero-order valence-electron chi connectivity index (χ0n) is 13.4. The van der Waals surface area contributed by atoms with Crippen LogP contribution in [0, 0.1) is 6.92 Å². The fourth-order valence-corrected chi connectivity index (χ4v) is 3.89. The number of aryl methyl sites for hydroxylation is 1. The number of ketones is 1. The third-order valence-corrected chi connectivity index (χ3v) is 4.93. The van der Waals surface area contributed by atoms with Crippen LogP contribution >= 0.6 is 0 Å². The molecule has 0 radical (unpaired) electrons. The zero-order valence-corrected chi connectivity index (χ0v) is 13.4. The van der Waals surface area contributed by atoms with Crippen LogP contribution in [0.3, 0.4) is 0 Å². The lowest BCUT2D eigenvalue weighted by Gasteiger charge is -2.18. The van der Waals surface area contributed by atoms with Crippen LogP contribution in [0.1, 0.15) is 27.9 Å². The van der Waals surface area contributed by atoms with Gasteiger partial charge in [0.2, 0.25) is 0 Å². The Morgan fingerprint density at radius 3 is 2.35 bits per heavy atom. The maximum atomic E-state index is 12.5.